The SMILES string of the molecule is O=C(CN(Cc1ccco1)S(=O)(=O)/C=C/c1ccccc1)Nc1ccc(F)cc1. The molecule has 1 heterocycles. The van der Waals surface area contributed by atoms with Gasteiger partial charge in [0.25, 0.3) is 0 Å². The van der Waals surface area contributed by atoms with Gasteiger partial charge in [0, 0.05) is 11.1 Å². The van der Waals surface area contributed by atoms with E-state index in [2.05, 4.69) is 5.32 Å². The van der Waals surface area contributed by atoms with E-state index in [1.54, 1.807) is 36.4 Å². The molecule has 2 aromatic carbocycles. The molecular formula is C21H19FN2O4S. The van der Waals surface area contributed by atoms with Gasteiger partial charge in [-0.25, -0.2) is 12.8 Å². The molecule has 0 bridgehead atoms. The number of sulfonamides is 1. The molecule has 0 saturated heterocycles. The molecule has 1 aromatic heterocycles. The van der Waals surface area contributed by atoms with Crippen LogP contribution in [-0.4, -0.2) is 25.2 Å². The Morgan fingerprint density at radius 1 is 1.03 bits per heavy atom. The van der Waals surface area contributed by atoms with Gasteiger partial charge in [-0.3, -0.25) is 4.79 Å². The van der Waals surface area contributed by atoms with Gasteiger partial charge in [-0.2, -0.15) is 4.31 Å². The van der Waals surface area contributed by atoms with Gasteiger partial charge >= 0.3 is 0 Å². The van der Waals surface area contributed by atoms with E-state index < -0.39 is 28.3 Å². The molecule has 150 valence electrons. The highest BCUT2D eigenvalue weighted by Gasteiger charge is 2.23. The molecule has 6 nitrogen and oxygen atoms in total. The first kappa shape index (κ1) is 20.5. The second-order valence-corrected chi connectivity index (χ2v) is 7.98. The quantitative estimate of drug-likeness (QED) is 0.607. The van der Waals surface area contributed by atoms with E-state index in [9.17, 15) is 17.6 Å². The predicted molar refractivity (Wildman–Crippen MR) is 109 cm³/mol. The predicted octanol–water partition coefficient (Wildman–Crippen LogP) is 3.86. The van der Waals surface area contributed by atoms with Gasteiger partial charge in [0.15, 0.2) is 0 Å². The molecule has 8 heteroatoms. The molecule has 0 unspecified atom stereocenters. The summed E-state index contributed by atoms with van der Waals surface area (Å²) in [6.07, 6.45) is 2.89. The number of nitrogens with zero attached hydrogens (tertiary/aromatic N) is 1. The molecule has 0 aliphatic rings. The highest BCUT2D eigenvalue weighted by atomic mass is 32.2. The number of anilines is 1. The number of hydrogen-bond donors (Lipinski definition) is 1. The highest BCUT2D eigenvalue weighted by molar-refractivity contribution is 7.92. The third-order valence-corrected chi connectivity index (χ3v) is 5.41. The van der Waals surface area contributed by atoms with E-state index in [1.165, 1.54) is 36.6 Å². The third kappa shape index (κ3) is 6.13. The van der Waals surface area contributed by atoms with Crippen molar-refractivity contribution in [2.24, 2.45) is 0 Å². The lowest BCUT2D eigenvalue weighted by Crippen LogP contribution is -2.36. The summed E-state index contributed by atoms with van der Waals surface area (Å²) < 4.78 is 44.9. The zero-order valence-corrected chi connectivity index (χ0v) is 16.2. The van der Waals surface area contributed by atoms with E-state index >= 15 is 0 Å². The number of nitrogens with one attached hydrogen (secondary N) is 1. The zero-order chi connectivity index (χ0) is 20.7. The smallest absolute Gasteiger partial charge is 0.239 e. The van der Waals surface area contributed by atoms with Crippen LogP contribution in [0.4, 0.5) is 10.1 Å². The van der Waals surface area contributed by atoms with Gasteiger partial charge < -0.3 is 9.73 Å². The normalized spacial score (nSPS) is 11.8. The third-order valence-electron chi connectivity index (χ3n) is 3.95. The number of amides is 1. The average Bonchev–Trinajstić information content (AvgIpc) is 3.22. The molecule has 0 atom stereocenters. The summed E-state index contributed by atoms with van der Waals surface area (Å²) in [5.74, 6) is -0.591. The van der Waals surface area contributed by atoms with Gasteiger partial charge in [-0.05, 0) is 48.0 Å². The van der Waals surface area contributed by atoms with Crippen molar-refractivity contribution in [3.63, 3.8) is 0 Å². The van der Waals surface area contributed by atoms with Crippen molar-refractivity contribution in [2.75, 3.05) is 11.9 Å². The summed E-state index contributed by atoms with van der Waals surface area (Å²) >= 11 is 0. The molecule has 0 spiro atoms. The van der Waals surface area contributed by atoms with Crippen molar-refractivity contribution in [1.82, 2.24) is 4.31 Å². The average molecular weight is 414 g/mol. The lowest BCUT2D eigenvalue weighted by atomic mass is 10.2. The van der Waals surface area contributed by atoms with Crippen LogP contribution in [0.15, 0.2) is 82.8 Å². The number of halogens is 1. The number of rotatable bonds is 8. The Kier molecular flexibility index (Phi) is 6.58. The lowest BCUT2D eigenvalue weighted by molar-refractivity contribution is -0.116. The first-order chi connectivity index (χ1) is 13.9. The zero-order valence-electron chi connectivity index (χ0n) is 15.4. The summed E-state index contributed by atoms with van der Waals surface area (Å²) in [6, 6.07) is 17.4. The maximum atomic E-state index is 13.0. The van der Waals surface area contributed by atoms with Crippen molar-refractivity contribution < 1.29 is 22.0 Å². The maximum Gasteiger partial charge on any atom is 0.239 e. The van der Waals surface area contributed by atoms with Crippen LogP contribution in [0, 0.1) is 5.82 Å². The van der Waals surface area contributed by atoms with Crippen LogP contribution in [0.1, 0.15) is 11.3 Å². The fraction of sp³-hybridized carbons (Fsp3) is 0.0952. The summed E-state index contributed by atoms with van der Waals surface area (Å²) in [5.41, 5.74) is 1.08. The summed E-state index contributed by atoms with van der Waals surface area (Å²) in [4.78, 5) is 12.4. The van der Waals surface area contributed by atoms with Crippen LogP contribution in [0.3, 0.4) is 0 Å². The van der Waals surface area contributed by atoms with Gasteiger partial charge in [-0.1, -0.05) is 30.3 Å². The molecule has 29 heavy (non-hydrogen) atoms. The Morgan fingerprint density at radius 2 is 1.76 bits per heavy atom. The highest BCUT2D eigenvalue weighted by Crippen LogP contribution is 2.14. The van der Waals surface area contributed by atoms with Crippen molar-refractivity contribution >= 4 is 27.7 Å². The Morgan fingerprint density at radius 3 is 2.41 bits per heavy atom. The molecule has 0 fully saturated rings. The van der Waals surface area contributed by atoms with Crippen molar-refractivity contribution in [1.29, 1.82) is 0 Å². The molecule has 0 aliphatic heterocycles. The number of hydrogen-bond acceptors (Lipinski definition) is 4. The molecule has 0 radical (unpaired) electrons. The second kappa shape index (κ2) is 9.31. The fourth-order valence-corrected chi connectivity index (χ4v) is 3.63. The topological polar surface area (TPSA) is 79.6 Å². The monoisotopic (exact) mass is 414 g/mol. The number of carbonyl (C=O) groups excluding carboxylic acids is 1. The van der Waals surface area contributed by atoms with Crippen molar-refractivity contribution in [2.45, 2.75) is 6.54 Å². The molecule has 0 saturated carbocycles. The van der Waals surface area contributed by atoms with Crippen LogP contribution in [0.25, 0.3) is 6.08 Å². The van der Waals surface area contributed by atoms with Crippen molar-refractivity contribution in [3.05, 3.63) is 95.5 Å². The van der Waals surface area contributed by atoms with E-state index in [1.807, 2.05) is 6.07 Å². The van der Waals surface area contributed by atoms with Crippen LogP contribution >= 0.6 is 0 Å². The Bertz CT molecular complexity index is 1060. The summed E-state index contributed by atoms with van der Waals surface area (Å²) in [5, 5.41) is 3.61. The molecular weight excluding hydrogens is 395 g/mol. The fourth-order valence-electron chi connectivity index (χ4n) is 2.52. The van der Waals surface area contributed by atoms with E-state index in [0.717, 1.165) is 9.71 Å². The van der Waals surface area contributed by atoms with E-state index in [-0.39, 0.29) is 6.54 Å². The molecule has 1 N–H and O–H groups in total. The second-order valence-electron chi connectivity index (χ2n) is 6.16. The Balaban J connectivity index is 1.77. The van der Waals surface area contributed by atoms with Crippen LogP contribution < -0.4 is 5.32 Å². The van der Waals surface area contributed by atoms with Crippen molar-refractivity contribution in [3.8, 4) is 0 Å². The minimum Gasteiger partial charge on any atom is -0.468 e. The number of carbonyl (C=O) groups is 1. The minimum absolute atomic E-state index is 0.106. The maximum absolute atomic E-state index is 13.0. The van der Waals surface area contributed by atoms with Gasteiger partial charge in [0.05, 0.1) is 19.4 Å². The molecule has 1 amide bonds. The standard InChI is InChI=1S/C21H19FN2O4S/c22-18-8-10-19(11-9-18)23-21(25)16-24(15-20-7-4-13-28-20)29(26,27)14-12-17-5-2-1-3-6-17/h1-14H,15-16H2,(H,23,25)/b14-12+. The van der Waals surface area contributed by atoms with Crippen LogP contribution in [0.2, 0.25) is 0 Å². The van der Waals surface area contributed by atoms with Gasteiger partial charge in [0.1, 0.15) is 11.6 Å². The summed E-state index contributed by atoms with van der Waals surface area (Å²) in [7, 11) is -3.92. The van der Waals surface area contributed by atoms with Gasteiger partial charge in [0.2, 0.25) is 15.9 Å². The van der Waals surface area contributed by atoms with E-state index in [4.69, 9.17) is 4.42 Å². The molecule has 3 rings (SSSR count). The Hall–Kier alpha value is -3.23. The van der Waals surface area contributed by atoms with Crippen LogP contribution in [0.5, 0.6) is 0 Å². The first-order valence-corrected chi connectivity index (χ1v) is 10.2. The van der Waals surface area contributed by atoms with Gasteiger partial charge in [-0.15, -0.1) is 0 Å². The first-order valence-electron chi connectivity index (χ1n) is 8.73. The molecule has 0 aliphatic carbocycles. The Labute approximate surface area is 168 Å². The lowest BCUT2D eigenvalue weighted by Gasteiger charge is -2.19. The molecule has 3 aromatic rings. The summed E-state index contributed by atoms with van der Waals surface area (Å²) in [6.45, 7) is -0.537. The number of furan rings is 1. The van der Waals surface area contributed by atoms with E-state index in [0.29, 0.717) is 17.0 Å². The van der Waals surface area contributed by atoms with Crippen LogP contribution in [-0.2, 0) is 21.4 Å². The largest absolute Gasteiger partial charge is 0.468 e. The minimum atomic E-state index is -3.92. The number of benzene rings is 2.